The highest BCUT2D eigenvalue weighted by Gasteiger charge is 2.37. The number of rotatable bonds is 6. The third-order valence-corrected chi connectivity index (χ3v) is 4.45. The molecular formula is C20H25N3. The van der Waals surface area contributed by atoms with Gasteiger partial charge < -0.3 is 10.6 Å². The summed E-state index contributed by atoms with van der Waals surface area (Å²) in [5, 5.41) is 6.85. The lowest BCUT2D eigenvalue weighted by Gasteiger charge is -2.12. The van der Waals surface area contributed by atoms with Gasteiger partial charge in [0.2, 0.25) is 0 Å². The van der Waals surface area contributed by atoms with E-state index in [1.807, 2.05) is 7.05 Å². The first-order valence-corrected chi connectivity index (χ1v) is 8.40. The zero-order valence-corrected chi connectivity index (χ0v) is 13.7. The standard InChI is InChI=1S/C20H25N3/c1-21-20(22-13-12-16-8-4-2-5-9-16)23-15-18-14-19(18)17-10-6-3-7-11-17/h2-11,18-19H,12-15H2,1H3,(H2,21,22,23). The minimum Gasteiger partial charge on any atom is -0.356 e. The lowest BCUT2D eigenvalue weighted by atomic mass is 10.1. The number of hydrogen-bond acceptors (Lipinski definition) is 1. The molecule has 3 heteroatoms. The van der Waals surface area contributed by atoms with Crippen LogP contribution >= 0.6 is 0 Å². The van der Waals surface area contributed by atoms with Crippen LogP contribution in [0.1, 0.15) is 23.5 Å². The molecule has 0 bridgehead atoms. The third-order valence-electron chi connectivity index (χ3n) is 4.45. The molecule has 0 amide bonds. The summed E-state index contributed by atoms with van der Waals surface area (Å²) < 4.78 is 0. The maximum atomic E-state index is 4.31. The molecular weight excluding hydrogens is 282 g/mol. The predicted molar refractivity (Wildman–Crippen MR) is 96.8 cm³/mol. The Hall–Kier alpha value is -2.29. The van der Waals surface area contributed by atoms with Gasteiger partial charge in [0.1, 0.15) is 0 Å². The second-order valence-electron chi connectivity index (χ2n) is 6.13. The monoisotopic (exact) mass is 307 g/mol. The Labute approximate surface area is 138 Å². The van der Waals surface area contributed by atoms with Crippen LogP contribution in [0.3, 0.4) is 0 Å². The molecule has 1 aliphatic carbocycles. The van der Waals surface area contributed by atoms with Gasteiger partial charge in [0.15, 0.2) is 5.96 Å². The van der Waals surface area contributed by atoms with Gasteiger partial charge in [0.25, 0.3) is 0 Å². The molecule has 23 heavy (non-hydrogen) atoms. The highest BCUT2D eigenvalue weighted by Crippen LogP contribution is 2.46. The molecule has 0 aliphatic heterocycles. The van der Waals surface area contributed by atoms with Crippen LogP contribution in [0.5, 0.6) is 0 Å². The molecule has 1 fully saturated rings. The molecule has 0 spiro atoms. The summed E-state index contributed by atoms with van der Waals surface area (Å²) in [5.41, 5.74) is 2.81. The molecule has 3 nitrogen and oxygen atoms in total. The van der Waals surface area contributed by atoms with E-state index in [1.165, 1.54) is 17.5 Å². The number of benzene rings is 2. The van der Waals surface area contributed by atoms with E-state index in [-0.39, 0.29) is 0 Å². The Bertz CT molecular complexity index is 622. The van der Waals surface area contributed by atoms with Crippen molar-refractivity contribution in [1.82, 2.24) is 10.6 Å². The topological polar surface area (TPSA) is 36.4 Å². The fraction of sp³-hybridized carbons (Fsp3) is 0.350. The zero-order valence-electron chi connectivity index (χ0n) is 13.7. The molecule has 2 aromatic rings. The molecule has 120 valence electrons. The average Bonchev–Trinajstić information content (AvgIpc) is 3.39. The molecule has 1 aliphatic rings. The first kappa shape index (κ1) is 15.6. The molecule has 0 aromatic heterocycles. The van der Waals surface area contributed by atoms with Gasteiger partial charge in [-0.25, -0.2) is 0 Å². The first-order chi connectivity index (χ1) is 11.4. The maximum absolute atomic E-state index is 4.31. The second kappa shape index (κ2) is 7.82. The van der Waals surface area contributed by atoms with Gasteiger partial charge in [0.05, 0.1) is 0 Å². The van der Waals surface area contributed by atoms with Crippen molar-refractivity contribution in [3.05, 3.63) is 71.8 Å². The quantitative estimate of drug-likeness (QED) is 0.635. The van der Waals surface area contributed by atoms with Crippen molar-refractivity contribution in [2.45, 2.75) is 18.8 Å². The number of nitrogens with one attached hydrogen (secondary N) is 2. The van der Waals surface area contributed by atoms with E-state index in [4.69, 9.17) is 0 Å². The van der Waals surface area contributed by atoms with Gasteiger partial charge in [0, 0.05) is 20.1 Å². The van der Waals surface area contributed by atoms with E-state index in [0.29, 0.717) is 5.92 Å². The van der Waals surface area contributed by atoms with Crippen LogP contribution in [0.4, 0.5) is 0 Å². The summed E-state index contributed by atoms with van der Waals surface area (Å²) in [6, 6.07) is 21.3. The van der Waals surface area contributed by atoms with Crippen LogP contribution in [0.2, 0.25) is 0 Å². The lowest BCUT2D eigenvalue weighted by Crippen LogP contribution is -2.39. The Morgan fingerprint density at radius 2 is 1.70 bits per heavy atom. The highest BCUT2D eigenvalue weighted by atomic mass is 15.2. The molecule has 0 saturated heterocycles. The number of aliphatic imine (C=N–C) groups is 1. The molecule has 2 unspecified atom stereocenters. The minimum atomic E-state index is 0.714. The Kier molecular flexibility index (Phi) is 5.30. The normalized spacial score (nSPS) is 20.1. The first-order valence-electron chi connectivity index (χ1n) is 8.40. The van der Waals surface area contributed by atoms with Gasteiger partial charge in [-0.2, -0.15) is 0 Å². The van der Waals surface area contributed by atoms with Crippen molar-refractivity contribution < 1.29 is 0 Å². The van der Waals surface area contributed by atoms with Crippen LogP contribution < -0.4 is 10.6 Å². The van der Waals surface area contributed by atoms with Crippen molar-refractivity contribution in [1.29, 1.82) is 0 Å². The fourth-order valence-electron chi connectivity index (χ4n) is 3.00. The summed E-state index contributed by atoms with van der Waals surface area (Å²) in [4.78, 5) is 4.31. The second-order valence-corrected chi connectivity index (χ2v) is 6.13. The van der Waals surface area contributed by atoms with Crippen LogP contribution in [-0.4, -0.2) is 26.1 Å². The fourth-order valence-corrected chi connectivity index (χ4v) is 3.00. The Morgan fingerprint density at radius 3 is 2.39 bits per heavy atom. The van der Waals surface area contributed by atoms with Crippen molar-refractivity contribution in [2.75, 3.05) is 20.1 Å². The number of hydrogen-bond donors (Lipinski definition) is 2. The van der Waals surface area contributed by atoms with Crippen molar-refractivity contribution >= 4 is 5.96 Å². The molecule has 2 N–H and O–H groups in total. The predicted octanol–water partition coefficient (Wildman–Crippen LogP) is 3.20. The van der Waals surface area contributed by atoms with E-state index in [0.717, 1.165) is 31.4 Å². The molecule has 2 atom stereocenters. The van der Waals surface area contributed by atoms with E-state index in [9.17, 15) is 0 Å². The van der Waals surface area contributed by atoms with Crippen LogP contribution in [-0.2, 0) is 6.42 Å². The van der Waals surface area contributed by atoms with Crippen LogP contribution in [0.15, 0.2) is 65.7 Å². The number of nitrogens with zero attached hydrogens (tertiary/aromatic N) is 1. The molecule has 1 saturated carbocycles. The summed E-state index contributed by atoms with van der Waals surface area (Å²) in [6.45, 7) is 1.89. The summed E-state index contributed by atoms with van der Waals surface area (Å²) >= 11 is 0. The van der Waals surface area contributed by atoms with Gasteiger partial charge >= 0.3 is 0 Å². The number of guanidine groups is 1. The van der Waals surface area contributed by atoms with Crippen LogP contribution in [0.25, 0.3) is 0 Å². The van der Waals surface area contributed by atoms with E-state index in [1.54, 1.807) is 0 Å². The van der Waals surface area contributed by atoms with Crippen molar-refractivity contribution in [3.63, 3.8) is 0 Å². The van der Waals surface area contributed by atoms with Gasteiger partial charge in [-0.1, -0.05) is 60.7 Å². The smallest absolute Gasteiger partial charge is 0.190 e. The Balaban J connectivity index is 1.38. The maximum Gasteiger partial charge on any atom is 0.190 e. The summed E-state index contributed by atoms with van der Waals surface area (Å²) in [5.74, 6) is 2.34. The van der Waals surface area contributed by atoms with Crippen molar-refractivity contribution in [2.24, 2.45) is 10.9 Å². The average molecular weight is 307 g/mol. The van der Waals surface area contributed by atoms with E-state index in [2.05, 4.69) is 76.3 Å². The van der Waals surface area contributed by atoms with Gasteiger partial charge in [-0.15, -0.1) is 0 Å². The largest absolute Gasteiger partial charge is 0.356 e. The molecule has 2 aromatic carbocycles. The SMILES string of the molecule is CN=C(NCCc1ccccc1)NCC1CC1c1ccccc1. The van der Waals surface area contributed by atoms with Gasteiger partial charge in [-0.3, -0.25) is 4.99 Å². The Morgan fingerprint density at radius 1 is 1.00 bits per heavy atom. The van der Waals surface area contributed by atoms with E-state index < -0.39 is 0 Å². The zero-order chi connectivity index (χ0) is 15.9. The molecule has 0 heterocycles. The molecule has 0 radical (unpaired) electrons. The van der Waals surface area contributed by atoms with E-state index >= 15 is 0 Å². The highest BCUT2D eigenvalue weighted by molar-refractivity contribution is 5.79. The van der Waals surface area contributed by atoms with Crippen LogP contribution in [0, 0.1) is 5.92 Å². The van der Waals surface area contributed by atoms with Gasteiger partial charge in [-0.05, 0) is 35.8 Å². The summed E-state index contributed by atoms with van der Waals surface area (Å²) in [7, 11) is 1.83. The molecule has 3 rings (SSSR count). The minimum absolute atomic E-state index is 0.714. The third kappa shape index (κ3) is 4.59. The summed E-state index contributed by atoms with van der Waals surface area (Å²) in [6.07, 6.45) is 2.29. The lowest BCUT2D eigenvalue weighted by molar-refractivity contribution is 0.717. The van der Waals surface area contributed by atoms with Crippen molar-refractivity contribution in [3.8, 4) is 0 Å².